The number of hydrogen-bond donors (Lipinski definition) is 2. The Morgan fingerprint density at radius 3 is 2.54 bits per heavy atom. The molecule has 0 spiro atoms. The second-order valence-corrected chi connectivity index (χ2v) is 6.13. The Morgan fingerprint density at radius 1 is 1.23 bits per heavy atom. The summed E-state index contributed by atoms with van der Waals surface area (Å²) in [6.45, 7) is 7.21. The average molecular weight is 370 g/mol. The van der Waals surface area contributed by atoms with Gasteiger partial charge in [0.1, 0.15) is 5.75 Å². The maximum atomic E-state index is 12.5. The quantitative estimate of drug-likeness (QED) is 0.463. The molecule has 1 atom stereocenters. The highest BCUT2D eigenvalue weighted by Crippen LogP contribution is 2.19. The van der Waals surface area contributed by atoms with Crippen molar-refractivity contribution in [3.63, 3.8) is 0 Å². The standard InChI is InChI=1S/C19H32F2N4O/c1-5-25(6-2)13-9-10-15(3)24-19(22-4)23-14-16-11-7-8-12-17(16)26-18(20)21/h7-8,11-12,15,18H,5-6,9-10,13-14H2,1-4H3,(H2,22,23,24). The first-order valence-electron chi connectivity index (χ1n) is 9.22. The number of ether oxygens (including phenoxy) is 1. The minimum Gasteiger partial charge on any atom is -0.434 e. The van der Waals surface area contributed by atoms with Gasteiger partial charge in [0.25, 0.3) is 0 Å². The fourth-order valence-electron chi connectivity index (χ4n) is 2.70. The molecular formula is C19H32F2N4O. The number of para-hydroxylation sites is 1. The summed E-state index contributed by atoms with van der Waals surface area (Å²) >= 11 is 0. The molecule has 1 aromatic rings. The maximum absolute atomic E-state index is 12.5. The van der Waals surface area contributed by atoms with Crippen LogP contribution in [0.1, 0.15) is 39.2 Å². The molecular weight excluding hydrogens is 338 g/mol. The monoisotopic (exact) mass is 370 g/mol. The summed E-state index contributed by atoms with van der Waals surface area (Å²) in [6.07, 6.45) is 2.14. The second-order valence-electron chi connectivity index (χ2n) is 6.13. The van der Waals surface area contributed by atoms with Crippen LogP contribution in [-0.2, 0) is 6.54 Å². The molecule has 0 bridgehead atoms. The fraction of sp³-hybridized carbons (Fsp3) is 0.632. The molecule has 0 saturated carbocycles. The van der Waals surface area contributed by atoms with Gasteiger partial charge >= 0.3 is 6.61 Å². The molecule has 5 nitrogen and oxygen atoms in total. The maximum Gasteiger partial charge on any atom is 0.387 e. The Morgan fingerprint density at radius 2 is 1.92 bits per heavy atom. The number of aliphatic imine (C=N–C) groups is 1. The van der Waals surface area contributed by atoms with E-state index >= 15 is 0 Å². The van der Waals surface area contributed by atoms with Gasteiger partial charge in [-0.25, -0.2) is 0 Å². The van der Waals surface area contributed by atoms with E-state index in [4.69, 9.17) is 0 Å². The summed E-state index contributed by atoms with van der Waals surface area (Å²) in [4.78, 5) is 6.61. The zero-order valence-electron chi connectivity index (χ0n) is 16.3. The molecule has 0 aromatic heterocycles. The lowest BCUT2D eigenvalue weighted by atomic mass is 10.1. The number of alkyl halides is 2. The molecule has 2 N–H and O–H groups in total. The van der Waals surface area contributed by atoms with Crippen LogP contribution in [0.25, 0.3) is 0 Å². The average Bonchev–Trinajstić information content (AvgIpc) is 2.63. The molecule has 0 heterocycles. The molecule has 0 radical (unpaired) electrons. The van der Waals surface area contributed by atoms with E-state index < -0.39 is 6.61 Å². The van der Waals surface area contributed by atoms with Crippen molar-refractivity contribution in [2.75, 3.05) is 26.7 Å². The number of guanidine groups is 1. The summed E-state index contributed by atoms with van der Waals surface area (Å²) in [5.41, 5.74) is 0.657. The highest BCUT2D eigenvalue weighted by atomic mass is 19.3. The molecule has 0 aliphatic carbocycles. The van der Waals surface area contributed by atoms with E-state index in [0.717, 1.165) is 32.5 Å². The van der Waals surface area contributed by atoms with Crippen molar-refractivity contribution in [1.29, 1.82) is 0 Å². The number of rotatable bonds is 11. The van der Waals surface area contributed by atoms with Crippen molar-refractivity contribution >= 4 is 5.96 Å². The fourth-order valence-corrected chi connectivity index (χ4v) is 2.70. The Hall–Kier alpha value is -1.89. The molecule has 1 unspecified atom stereocenters. The van der Waals surface area contributed by atoms with Crippen molar-refractivity contribution in [2.24, 2.45) is 4.99 Å². The van der Waals surface area contributed by atoms with Crippen molar-refractivity contribution < 1.29 is 13.5 Å². The molecule has 0 saturated heterocycles. The molecule has 0 aliphatic heterocycles. The van der Waals surface area contributed by atoms with Crippen LogP contribution in [0.5, 0.6) is 5.75 Å². The van der Waals surface area contributed by atoms with Gasteiger partial charge < -0.3 is 20.3 Å². The molecule has 26 heavy (non-hydrogen) atoms. The van der Waals surface area contributed by atoms with E-state index in [0.29, 0.717) is 18.1 Å². The lowest BCUT2D eigenvalue weighted by molar-refractivity contribution is -0.0504. The van der Waals surface area contributed by atoms with Gasteiger partial charge in [-0.3, -0.25) is 4.99 Å². The molecule has 0 fully saturated rings. The zero-order valence-corrected chi connectivity index (χ0v) is 16.3. The van der Waals surface area contributed by atoms with Crippen molar-refractivity contribution in [2.45, 2.75) is 52.8 Å². The first-order valence-corrected chi connectivity index (χ1v) is 9.22. The topological polar surface area (TPSA) is 48.9 Å². The minimum absolute atomic E-state index is 0.178. The van der Waals surface area contributed by atoms with E-state index in [9.17, 15) is 8.78 Å². The third kappa shape index (κ3) is 8.47. The highest BCUT2D eigenvalue weighted by molar-refractivity contribution is 5.79. The smallest absolute Gasteiger partial charge is 0.387 e. The summed E-state index contributed by atoms with van der Waals surface area (Å²) in [5, 5.41) is 6.49. The number of halogens is 2. The Labute approximate surface area is 155 Å². The van der Waals surface area contributed by atoms with Crippen LogP contribution < -0.4 is 15.4 Å². The lowest BCUT2D eigenvalue weighted by Gasteiger charge is -2.21. The summed E-state index contributed by atoms with van der Waals surface area (Å²) in [5.74, 6) is 0.824. The van der Waals surface area contributed by atoms with Gasteiger partial charge in [-0.1, -0.05) is 32.0 Å². The number of hydrogen-bond acceptors (Lipinski definition) is 3. The first-order chi connectivity index (χ1) is 12.5. The van der Waals surface area contributed by atoms with Gasteiger partial charge in [-0.2, -0.15) is 8.78 Å². The predicted octanol–water partition coefficient (Wildman–Crippen LogP) is 3.46. The molecule has 1 rings (SSSR count). The Kier molecular flexibility index (Phi) is 10.6. The van der Waals surface area contributed by atoms with E-state index in [1.54, 1.807) is 25.2 Å². The third-order valence-corrected chi connectivity index (χ3v) is 4.25. The van der Waals surface area contributed by atoms with Crippen LogP contribution in [0, 0.1) is 0 Å². The number of nitrogens with zero attached hydrogens (tertiary/aromatic N) is 2. The van der Waals surface area contributed by atoms with Gasteiger partial charge in [0, 0.05) is 25.2 Å². The van der Waals surface area contributed by atoms with Crippen LogP contribution in [0.2, 0.25) is 0 Å². The van der Waals surface area contributed by atoms with Crippen molar-refractivity contribution in [3.05, 3.63) is 29.8 Å². The van der Waals surface area contributed by atoms with E-state index in [1.807, 2.05) is 0 Å². The first kappa shape index (κ1) is 22.2. The molecule has 7 heteroatoms. The lowest BCUT2D eigenvalue weighted by Crippen LogP contribution is -2.42. The largest absolute Gasteiger partial charge is 0.434 e. The molecule has 148 valence electrons. The van der Waals surface area contributed by atoms with Crippen LogP contribution in [-0.4, -0.2) is 50.2 Å². The normalized spacial score (nSPS) is 13.2. The van der Waals surface area contributed by atoms with Crippen molar-refractivity contribution in [3.8, 4) is 5.75 Å². The summed E-state index contributed by atoms with van der Waals surface area (Å²) in [6, 6.07) is 7.03. The van der Waals surface area contributed by atoms with Gasteiger partial charge in [0.2, 0.25) is 0 Å². The Bertz CT molecular complexity index is 536. The summed E-state index contributed by atoms with van der Waals surface area (Å²) in [7, 11) is 1.69. The molecule has 1 aromatic carbocycles. The van der Waals surface area contributed by atoms with Gasteiger partial charge in [0.05, 0.1) is 0 Å². The van der Waals surface area contributed by atoms with Crippen LogP contribution in [0.4, 0.5) is 8.78 Å². The van der Waals surface area contributed by atoms with Crippen LogP contribution in [0.3, 0.4) is 0 Å². The van der Waals surface area contributed by atoms with E-state index in [1.165, 1.54) is 6.07 Å². The Balaban J connectivity index is 2.46. The zero-order chi connectivity index (χ0) is 19.4. The molecule has 0 aliphatic rings. The van der Waals surface area contributed by atoms with Crippen LogP contribution >= 0.6 is 0 Å². The van der Waals surface area contributed by atoms with Crippen molar-refractivity contribution in [1.82, 2.24) is 15.5 Å². The SMILES string of the molecule is CCN(CC)CCCC(C)NC(=NC)NCc1ccccc1OC(F)F. The molecule has 0 amide bonds. The number of nitrogens with one attached hydrogen (secondary N) is 2. The van der Waals surface area contributed by atoms with Gasteiger partial charge in [0.15, 0.2) is 5.96 Å². The number of benzene rings is 1. The van der Waals surface area contributed by atoms with Gasteiger partial charge in [-0.05, 0) is 45.5 Å². The van der Waals surface area contributed by atoms with E-state index in [2.05, 4.69) is 46.0 Å². The predicted molar refractivity (Wildman–Crippen MR) is 103 cm³/mol. The van der Waals surface area contributed by atoms with Gasteiger partial charge in [-0.15, -0.1) is 0 Å². The highest BCUT2D eigenvalue weighted by Gasteiger charge is 2.10. The van der Waals surface area contributed by atoms with E-state index in [-0.39, 0.29) is 11.8 Å². The summed E-state index contributed by atoms with van der Waals surface area (Å²) < 4.78 is 29.5. The minimum atomic E-state index is -2.83. The second kappa shape index (κ2) is 12.5. The third-order valence-electron chi connectivity index (χ3n) is 4.25. The van der Waals surface area contributed by atoms with Crippen LogP contribution in [0.15, 0.2) is 29.3 Å².